The van der Waals surface area contributed by atoms with Crippen LogP contribution in [0.4, 0.5) is 21.7 Å². The lowest BCUT2D eigenvalue weighted by Crippen LogP contribution is -2.41. The van der Waals surface area contributed by atoms with Crippen molar-refractivity contribution >= 4 is 44.8 Å². The monoisotopic (exact) mass is 546 g/mol. The molecular formula is C29H31FN6O2S. The van der Waals surface area contributed by atoms with Crippen LogP contribution in [-0.4, -0.2) is 58.9 Å². The number of amides is 1. The summed E-state index contributed by atoms with van der Waals surface area (Å²) in [6, 6.07) is 14.6. The van der Waals surface area contributed by atoms with E-state index < -0.39 is 0 Å². The molecule has 3 heterocycles. The van der Waals surface area contributed by atoms with E-state index in [1.54, 1.807) is 24.3 Å². The van der Waals surface area contributed by atoms with Crippen molar-refractivity contribution in [2.24, 2.45) is 0 Å². The number of anilines is 3. The van der Waals surface area contributed by atoms with Crippen LogP contribution in [0.15, 0.2) is 66.6 Å². The molecule has 1 amide bonds. The molecule has 0 aliphatic carbocycles. The number of halogens is 1. The van der Waals surface area contributed by atoms with E-state index in [2.05, 4.69) is 51.1 Å². The normalized spacial score (nSPS) is 14.5. The Labute approximate surface area is 231 Å². The zero-order valence-corrected chi connectivity index (χ0v) is 22.8. The third-order valence-corrected chi connectivity index (χ3v) is 7.66. The molecule has 5 rings (SSSR count). The molecule has 1 aliphatic rings. The number of hydrogen-bond donors (Lipinski definition) is 2. The second-order valence-electron chi connectivity index (χ2n) is 9.71. The summed E-state index contributed by atoms with van der Waals surface area (Å²) in [6.45, 7) is 5.98. The van der Waals surface area contributed by atoms with E-state index in [1.165, 1.54) is 23.5 Å². The molecule has 0 spiro atoms. The number of nitrogens with zero attached hydrogens (tertiary/aromatic N) is 4. The van der Waals surface area contributed by atoms with Crippen molar-refractivity contribution in [3.63, 3.8) is 0 Å². The average molecular weight is 547 g/mol. The Balaban J connectivity index is 1.30. The number of fused-ring (bicyclic) bond motifs is 1. The fourth-order valence-electron chi connectivity index (χ4n) is 4.62. The molecular weight excluding hydrogens is 515 g/mol. The van der Waals surface area contributed by atoms with Gasteiger partial charge >= 0.3 is 0 Å². The minimum Gasteiger partial charge on any atom is -0.437 e. The van der Waals surface area contributed by atoms with Gasteiger partial charge in [-0.15, -0.1) is 11.3 Å². The van der Waals surface area contributed by atoms with E-state index in [4.69, 9.17) is 4.74 Å². The number of likely N-dealkylation sites (tertiary alicyclic amines) is 1. The highest BCUT2D eigenvalue weighted by atomic mass is 32.1. The van der Waals surface area contributed by atoms with Gasteiger partial charge in [-0.2, -0.15) is 4.98 Å². The lowest BCUT2D eigenvalue weighted by molar-refractivity contribution is -0.111. The smallest absolute Gasteiger partial charge is 0.247 e. The minimum absolute atomic E-state index is 0.263. The molecule has 2 aromatic carbocycles. The standard InChI is InChI=1S/C29H31FN6O2S/c1-4-26(37)31-20-6-5-7-23(16-20)38-28-27-25(12-15-39-27)33-29(34-28)32-21-9-8-19(24(30)17-21)18-36-13-10-22(11-14-36)35(2)3/h4-9,12,15-17,22H,1,10-11,13-14,18H2,2-3H3,(H,31,37)(H,32,33,34). The summed E-state index contributed by atoms with van der Waals surface area (Å²) in [4.78, 5) is 25.4. The summed E-state index contributed by atoms with van der Waals surface area (Å²) >= 11 is 1.46. The van der Waals surface area contributed by atoms with Crippen molar-refractivity contribution in [2.45, 2.75) is 25.4 Å². The second-order valence-corrected chi connectivity index (χ2v) is 10.6. The molecule has 2 aromatic heterocycles. The maximum Gasteiger partial charge on any atom is 0.247 e. The van der Waals surface area contributed by atoms with E-state index in [-0.39, 0.29) is 11.7 Å². The molecule has 0 bridgehead atoms. The first-order valence-electron chi connectivity index (χ1n) is 12.8. The molecule has 0 unspecified atom stereocenters. The summed E-state index contributed by atoms with van der Waals surface area (Å²) in [6.07, 6.45) is 3.39. The highest BCUT2D eigenvalue weighted by Gasteiger charge is 2.21. The summed E-state index contributed by atoms with van der Waals surface area (Å²) in [5.74, 6) is 0.587. The van der Waals surface area contributed by atoms with Crippen LogP contribution in [0.5, 0.6) is 11.6 Å². The van der Waals surface area contributed by atoms with Crippen molar-refractivity contribution in [1.82, 2.24) is 19.8 Å². The molecule has 1 fully saturated rings. The average Bonchev–Trinajstić information content (AvgIpc) is 3.40. The van der Waals surface area contributed by atoms with E-state index in [9.17, 15) is 4.79 Å². The van der Waals surface area contributed by atoms with E-state index in [1.807, 2.05) is 23.6 Å². The van der Waals surface area contributed by atoms with Crippen LogP contribution >= 0.6 is 11.3 Å². The second kappa shape index (κ2) is 11.9. The predicted molar refractivity (Wildman–Crippen MR) is 154 cm³/mol. The third-order valence-electron chi connectivity index (χ3n) is 6.76. The summed E-state index contributed by atoms with van der Waals surface area (Å²) in [5, 5.41) is 7.75. The molecule has 4 aromatic rings. The number of rotatable bonds is 9. The van der Waals surface area contributed by atoms with Crippen LogP contribution in [0.1, 0.15) is 18.4 Å². The Bertz CT molecular complexity index is 1480. The Kier molecular flexibility index (Phi) is 8.16. The van der Waals surface area contributed by atoms with Gasteiger partial charge in [0.1, 0.15) is 16.3 Å². The fourth-order valence-corrected chi connectivity index (χ4v) is 5.38. The van der Waals surface area contributed by atoms with E-state index in [0.717, 1.165) is 30.6 Å². The van der Waals surface area contributed by atoms with E-state index >= 15 is 4.39 Å². The van der Waals surface area contributed by atoms with Crippen molar-refractivity contribution in [3.05, 3.63) is 77.9 Å². The Morgan fingerprint density at radius 1 is 1.18 bits per heavy atom. The molecule has 8 nitrogen and oxygen atoms in total. The number of hydrogen-bond acceptors (Lipinski definition) is 8. The van der Waals surface area contributed by atoms with Gasteiger partial charge in [0.25, 0.3) is 0 Å². The van der Waals surface area contributed by atoms with Gasteiger partial charge in [0.15, 0.2) is 0 Å². The van der Waals surface area contributed by atoms with Crippen molar-refractivity contribution in [2.75, 3.05) is 37.8 Å². The van der Waals surface area contributed by atoms with Crippen LogP contribution < -0.4 is 15.4 Å². The Morgan fingerprint density at radius 2 is 2.00 bits per heavy atom. The lowest BCUT2D eigenvalue weighted by atomic mass is 10.0. The summed E-state index contributed by atoms with van der Waals surface area (Å²) in [5.41, 5.74) is 2.51. The molecule has 0 atom stereocenters. The van der Waals surface area contributed by atoms with Crippen LogP contribution in [0.2, 0.25) is 0 Å². The zero-order chi connectivity index (χ0) is 27.4. The lowest BCUT2D eigenvalue weighted by Gasteiger charge is -2.35. The number of aromatic nitrogens is 2. The summed E-state index contributed by atoms with van der Waals surface area (Å²) in [7, 11) is 4.23. The van der Waals surface area contributed by atoms with Gasteiger partial charge in [0.05, 0.1) is 5.52 Å². The first-order chi connectivity index (χ1) is 18.9. The molecule has 1 saturated heterocycles. The number of benzene rings is 2. The Morgan fingerprint density at radius 3 is 2.74 bits per heavy atom. The quantitative estimate of drug-likeness (QED) is 0.249. The molecule has 0 saturated carbocycles. The summed E-state index contributed by atoms with van der Waals surface area (Å²) < 4.78 is 21.9. The first-order valence-corrected chi connectivity index (χ1v) is 13.7. The largest absolute Gasteiger partial charge is 0.437 e. The van der Waals surface area contributed by atoms with Crippen LogP contribution in [0.3, 0.4) is 0 Å². The van der Waals surface area contributed by atoms with Gasteiger partial charge in [-0.1, -0.05) is 18.7 Å². The SMILES string of the molecule is C=CC(=O)Nc1cccc(Oc2nc(Nc3ccc(CN4CCC(N(C)C)CC4)c(F)c3)nc3ccsc23)c1. The van der Waals surface area contributed by atoms with Crippen molar-refractivity contribution < 1.29 is 13.9 Å². The molecule has 2 N–H and O–H groups in total. The number of carbonyl (C=O) groups is 1. The van der Waals surface area contributed by atoms with Gasteiger partial charge < -0.3 is 20.3 Å². The van der Waals surface area contributed by atoms with Crippen LogP contribution in [0.25, 0.3) is 10.2 Å². The number of piperidine rings is 1. The molecule has 1 aliphatic heterocycles. The van der Waals surface area contributed by atoms with Gasteiger partial charge in [-0.05, 0) is 81.8 Å². The number of carbonyl (C=O) groups excluding carboxylic acids is 1. The number of ether oxygens (including phenoxy) is 1. The Hall–Kier alpha value is -3.86. The van der Waals surface area contributed by atoms with Gasteiger partial charge in [-0.3, -0.25) is 9.69 Å². The number of thiophene rings is 1. The third kappa shape index (κ3) is 6.59. The zero-order valence-electron chi connectivity index (χ0n) is 22.0. The highest BCUT2D eigenvalue weighted by Crippen LogP contribution is 2.34. The minimum atomic E-state index is -0.312. The molecule has 0 radical (unpaired) electrons. The highest BCUT2D eigenvalue weighted by molar-refractivity contribution is 7.17. The maximum atomic E-state index is 15.1. The first kappa shape index (κ1) is 26.7. The molecule has 10 heteroatoms. The van der Waals surface area contributed by atoms with Gasteiger partial charge in [0, 0.05) is 35.6 Å². The van der Waals surface area contributed by atoms with Gasteiger partial charge in [-0.25, -0.2) is 9.37 Å². The molecule has 202 valence electrons. The van der Waals surface area contributed by atoms with Crippen molar-refractivity contribution in [3.8, 4) is 11.6 Å². The topological polar surface area (TPSA) is 82.6 Å². The van der Waals surface area contributed by atoms with Crippen molar-refractivity contribution in [1.29, 1.82) is 0 Å². The molecule has 39 heavy (non-hydrogen) atoms. The fraction of sp³-hybridized carbons (Fsp3) is 0.276. The van der Waals surface area contributed by atoms with Gasteiger partial charge in [0.2, 0.25) is 17.7 Å². The van der Waals surface area contributed by atoms with E-state index in [0.29, 0.717) is 52.6 Å². The van der Waals surface area contributed by atoms with Crippen LogP contribution in [-0.2, 0) is 11.3 Å². The van der Waals surface area contributed by atoms with Crippen LogP contribution in [0, 0.1) is 5.82 Å². The predicted octanol–water partition coefficient (Wildman–Crippen LogP) is 6.02. The number of nitrogens with one attached hydrogen (secondary N) is 2. The maximum absolute atomic E-state index is 15.1.